The van der Waals surface area contributed by atoms with Gasteiger partial charge in [0.1, 0.15) is 6.73 Å². The van der Waals surface area contributed by atoms with Crippen molar-refractivity contribution in [3.05, 3.63) is 0 Å². The van der Waals surface area contributed by atoms with Crippen LogP contribution < -0.4 is 0 Å². The van der Waals surface area contributed by atoms with Gasteiger partial charge in [-0.05, 0) is 32.6 Å². The van der Waals surface area contributed by atoms with Gasteiger partial charge < -0.3 is 14.6 Å². The lowest BCUT2D eigenvalue weighted by molar-refractivity contribution is -0.166. The number of carbonyl (C=O) groups excluding carboxylic acids is 1. The van der Waals surface area contributed by atoms with Crippen LogP contribution in [0.5, 0.6) is 0 Å². The fourth-order valence-electron chi connectivity index (χ4n) is 3.05. The Morgan fingerprint density at radius 2 is 1.90 bits per heavy atom. The molecule has 0 atom stereocenters. The molecule has 1 saturated carbocycles. The van der Waals surface area contributed by atoms with E-state index in [4.69, 9.17) is 9.47 Å². The average molecular weight is 285 g/mol. The number of aliphatic hydroxyl groups excluding tert-OH is 1. The van der Waals surface area contributed by atoms with Crippen LogP contribution in [0.15, 0.2) is 0 Å². The van der Waals surface area contributed by atoms with Crippen molar-refractivity contribution in [2.45, 2.75) is 39.0 Å². The van der Waals surface area contributed by atoms with Crippen molar-refractivity contribution in [1.29, 1.82) is 0 Å². The molecule has 2 rings (SSSR count). The zero-order valence-corrected chi connectivity index (χ0v) is 12.7. The van der Waals surface area contributed by atoms with Crippen molar-refractivity contribution in [3.63, 3.8) is 0 Å². The van der Waals surface area contributed by atoms with Crippen LogP contribution in [-0.4, -0.2) is 56.1 Å². The van der Waals surface area contributed by atoms with Gasteiger partial charge in [0.2, 0.25) is 0 Å². The molecule has 0 radical (unpaired) electrons. The summed E-state index contributed by atoms with van der Waals surface area (Å²) in [6, 6.07) is 0. The van der Waals surface area contributed by atoms with E-state index in [1.165, 1.54) is 0 Å². The second-order valence-corrected chi connectivity index (χ2v) is 6.68. The molecule has 1 N–H and O–H groups in total. The number of hydrogen-bond acceptors (Lipinski definition) is 5. The maximum Gasteiger partial charge on any atom is 0.313 e. The number of methoxy groups -OCH3 is 1. The van der Waals surface area contributed by atoms with Crippen molar-refractivity contribution in [3.8, 4) is 0 Å². The zero-order chi connectivity index (χ0) is 14.6. The minimum atomic E-state index is -0.235. The van der Waals surface area contributed by atoms with Crippen LogP contribution in [0.1, 0.15) is 39.0 Å². The van der Waals surface area contributed by atoms with Crippen LogP contribution in [0.2, 0.25) is 0 Å². The Morgan fingerprint density at radius 3 is 2.35 bits per heavy atom. The van der Waals surface area contributed by atoms with Gasteiger partial charge in [-0.2, -0.15) is 0 Å². The molecule has 5 heteroatoms. The van der Waals surface area contributed by atoms with Crippen molar-refractivity contribution in [2.24, 2.45) is 10.8 Å². The molecule has 2 fully saturated rings. The van der Waals surface area contributed by atoms with Crippen molar-refractivity contribution in [1.82, 2.24) is 4.90 Å². The van der Waals surface area contributed by atoms with Crippen LogP contribution in [0.3, 0.4) is 0 Å². The molecule has 1 aliphatic heterocycles. The van der Waals surface area contributed by atoms with E-state index in [-0.39, 0.29) is 23.4 Å². The van der Waals surface area contributed by atoms with Gasteiger partial charge in [0.25, 0.3) is 0 Å². The standard InChI is InChI=1S/C15H27NO4/c1-14(4-3-5-14)13(18)20-12-16-8-6-15(10-17,7-9-16)11-19-2/h17H,3-12H2,1-2H3. The van der Waals surface area contributed by atoms with E-state index < -0.39 is 0 Å². The van der Waals surface area contributed by atoms with Crippen LogP contribution in [0, 0.1) is 10.8 Å². The summed E-state index contributed by atoms with van der Waals surface area (Å²) in [5.74, 6) is -0.0559. The summed E-state index contributed by atoms with van der Waals surface area (Å²) in [6.07, 6.45) is 4.80. The first-order chi connectivity index (χ1) is 9.53. The molecule has 0 unspecified atom stereocenters. The molecule has 116 valence electrons. The molecule has 5 nitrogen and oxygen atoms in total. The first-order valence-electron chi connectivity index (χ1n) is 7.53. The van der Waals surface area contributed by atoms with Crippen molar-refractivity contribution in [2.75, 3.05) is 40.1 Å². The quantitative estimate of drug-likeness (QED) is 0.748. The second kappa shape index (κ2) is 6.41. The minimum Gasteiger partial charge on any atom is -0.449 e. The Morgan fingerprint density at radius 1 is 1.25 bits per heavy atom. The van der Waals surface area contributed by atoms with Gasteiger partial charge in [0, 0.05) is 25.6 Å². The Labute approximate surface area is 121 Å². The third kappa shape index (κ3) is 3.32. The highest BCUT2D eigenvalue weighted by molar-refractivity contribution is 5.77. The summed E-state index contributed by atoms with van der Waals surface area (Å²) in [5.41, 5.74) is -0.351. The summed E-state index contributed by atoms with van der Waals surface area (Å²) in [7, 11) is 1.67. The van der Waals surface area contributed by atoms with Crippen molar-refractivity contribution >= 4 is 5.97 Å². The van der Waals surface area contributed by atoms with E-state index >= 15 is 0 Å². The lowest BCUT2D eigenvalue weighted by atomic mass is 9.70. The largest absolute Gasteiger partial charge is 0.449 e. The Balaban J connectivity index is 1.73. The Bertz CT molecular complexity index is 333. The number of hydrogen-bond donors (Lipinski definition) is 1. The minimum absolute atomic E-state index is 0.0559. The summed E-state index contributed by atoms with van der Waals surface area (Å²) in [5, 5.41) is 9.54. The number of rotatable bonds is 6. The number of nitrogens with zero attached hydrogens (tertiary/aromatic N) is 1. The summed E-state index contributed by atoms with van der Waals surface area (Å²) < 4.78 is 10.7. The molecule has 0 aromatic carbocycles. The lowest BCUT2D eigenvalue weighted by Gasteiger charge is -2.41. The molecule has 1 saturated heterocycles. The third-order valence-electron chi connectivity index (χ3n) is 5.03. The average Bonchev–Trinajstić information content (AvgIpc) is 2.44. The molecule has 0 aromatic heterocycles. The van der Waals surface area contributed by atoms with E-state index in [1.54, 1.807) is 7.11 Å². The molecule has 0 spiro atoms. The van der Waals surface area contributed by atoms with E-state index in [9.17, 15) is 9.90 Å². The maximum atomic E-state index is 12.0. The molecular weight excluding hydrogens is 258 g/mol. The normalized spacial score (nSPS) is 24.9. The van der Waals surface area contributed by atoms with Gasteiger partial charge >= 0.3 is 5.97 Å². The first kappa shape index (κ1) is 15.7. The highest BCUT2D eigenvalue weighted by Crippen LogP contribution is 2.41. The van der Waals surface area contributed by atoms with E-state index in [0.717, 1.165) is 45.2 Å². The molecule has 0 amide bonds. The number of piperidine rings is 1. The Kier molecular flexibility index (Phi) is 5.04. The van der Waals surface area contributed by atoms with Crippen LogP contribution in [0.25, 0.3) is 0 Å². The molecule has 0 aromatic rings. The van der Waals surface area contributed by atoms with E-state index in [1.807, 2.05) is 6.92 Å². The second-order valence-electron chi connectivity index (χ2n) is 6.68. The fraction of sp³-hybridized carbons (Fsp3) is 0.933. The molecular formula is C15H27NO4. The Hall–Kier alpha value is -0.650. The first-order valence-corrected chi connectivity index (χ1v) is 7.53. The smallest absolute Gasteiger partial charge is 0.313 e. The highest BCUT2D eigenvalue weighted by Gasteiger charge is 2.41. The highest BCUT2D eigenvalue weighted by atomic mass is 16.5. The molecule has 2 aliphatic rings. The van der Waals surface area contributed by atoms with Crippen LogP contribution >= 0.6 is 0 Å². The number of carbonyl (C=O) groups is 1. The van der Waals surface area contributed by atoms with Crippen LogP contribution in [-0.2, 0) is 14.3 Å². The third-order valence-corrected chi connectivity index (χ3v) is 5.03. The van der Waals surface area contributed by atoms with Gasteiger partial charge in [-0.1, -0.05) is 6.42 Å². The summed E-state index contributed by atoms with van der Waals surface area (Å²) >= 11 is 0. The number of esters is 1. The number of aliphatic hydroxyl groups is 1. The lowest BCUT2D eigenvalue weighted by Crippen LogP contribution is -2.46. The van der Waals surface area contributed by atoms with Gasteiger partial charge in [0.05, 0.1) is 18.6 Å². The van der Waals surface area contributed by atoms with Gasteiger partial charge in [-0.3, -0.25) is 9.69 Å². The maximum absolute atomic E-state index is 12.0. The van der Waals surface area contributed by atoms with E-state index in [0.29, 0.717) is 13.3 Å². The fourth-order valence-corrected chi connectivity index (χ4v) is 3.05. The molecule has 1 aliphatic carbocycles. The number of ether oxygens (including phenoxy) is 2. The van der Waals surface area contributed by atoms with E-state index in [2.05, 4.69) is 4.90 Å². The van der Waals surface area contributed by atoms with Gasteiger partial charge in [-0.15, -0.1) is 0 Å². The monoisotopic (exact) mass is 285 g/mol. The summed E-state index contributed by atoms with van der Waals surface area (Å²) in [6.45, 7) is 4.80. The predicted octanol–water partition coefficient (Wildman–Crippen LogP) is 1.40. The molecule has 20 heavy (non-hydrogen) atoms. The van der Waals surface area contributed by atoms with Crippen molar-refractivity contribution < 1.29 is 19.4 Å². The van der Waals surface area contributed by atoms with Crippen LogP contribution in [0.4, 0.5) is 0 Å². The number of likely N-dealkylation sites (tertiary alicyclic amines) is 1. The van der Waals surface area contributed by atoms with Gasteiger partial charge in [-0.25, -0.2) is 0 Å². The molecule has 0 bridgehead atoms. The zero-order valence-electron chi connectivity index (χ0n) is 12.7. The predicted molar refractivity (Wildman–Crippen MR) is 75.1 cm³/mol. The molecule has 1 heterocycles. The topological polar surface area (TPSA) is 59.0 Å². The van der Waals surface area contributed by atoms with Gasteiger partial charge in [0.15, 0.2) is 0 Å². The SMILES string of the molecule is COCC1(CO)CCN(COC(=O)C2(C)CCC2)CC1. The summed E-state index contributed by atoms with van der Waals surface area (Å²) in [4.78, 5) is 14.1.